The maximum Gasteiger partial charge on any atom is 0.352 e. The van der Waals surface area contributed by atoms with Crippen LogP contribution in [0.15, 0.2) is 88.0 Å². The Labute approximate surface area is 237 Å². The van der Waals surface area contributed by atoms with E-state index in [1.807, 2.05) is 0 Å². The average molecular weight is 577 g/mol. The summed E-state index contributed by atoms with van der Waals surface area (Å²) in [6.07, 6.45) is 1.62. The number of allylic oxidation sites excluding steroid dienone is 2. The molecule has 2 amide bonds. The minimum absolute atomic E-state index is 0.0426. The molecule has 9 nitrogen and oxygen atoms in total. The summed E-state index contributed by atoms with van der Waals surface area (Å²) in [6.45, 7) is 0.0481. The monoisotopic (exact) mass is 576 g/mol. The molecule has 202 valence electrons. The molecule has 4 aromatic rings. The van der Waals surface area contributed by atoms with Crippen LogP contribution in [-0.4, -0.2) is 52.5 Å². The molecule has 4 atom stereocenters. The Balaban J connectivity index is 1.53. The van der Waals surface area contributed by atoms with Gasteiger partial charge in [0.2, 0.25) is 0 Å². The molecule has 1 aliphatic carbocycles. The molecule has 1 saturated heterocycles. The van der Waals surface area contributed by atoms with Crippen LogP contribution >= 0.6 is 23.2 Å². The molecule has 0 unspecified atom stereocenters. The Morgan fingerprint density at radius 2 is 1.52 bits per heavy atom. The highest BCUT2D eigenvalue weighted by atomic mass is 35.5. The van der Waals surface area contributed by atoms with Crippen LogP contribution in [0.1, 0.15) is 23.9 Å². The van der Waals surface area contributed by atoms with Crippen LogP contribution in [0.25, 0.3) is 16.5 Å². The summed E-state index contributed by atoms with van der Waals surface area (Å²) in [6, 6.07) is 18.0. The normalized spacial score (nSPS) is 27.4. The maximum atomic E-state index is 13.9. The Hall–Kier alpha value is -4.08. The van der Waals surface area contributed by atoms with Crippen molar-refractivity contribution in [3.8, 4) is 11.4 Å². The van der Waals surface area contributed by atoms with Crippen molar-refractivity contribution < 1.29 is 14.7 Å². The zero-order chi connectivity index (χ0) is 28.1. The Morgan fingerprint density at radius 1 is 0.850 bits per heavy atom. The number of benzene rings is 3. The number of nitrogens with zero attached hydrogens (tertiary/aromatic N) is 4. The van der Waals surface area contributed by atoms with E-state index in [-0.39, 0.29) is 18.7 Å². The summed E-state index contributed by atoms with van der Waals surface area (Å²) < 4.78 is 3.73. The molecule has 1 saturated carbocycles. The van der Waals surface area contributed by atoms with E-state index in [0.29, 0.717) is 27.6 Å². The van der Waals surface area contributed by atoms with Gasteiger partial charge in [0.25, 0.3) is 11.8 Å². The summed E-state index contributed by atoms with van der Waals surface area (Å²) in [7, 11) is 1.34. The number of aromatic nitrogens is 3. The minimum Gasteiger partial charge on any atom is -0.507 e. The zero-order valence-corrected chi connectivity index (χ0v) is 22.6. The van der Waals surface area contributed by atoms with E-state index < -0.39 is 44.9 Å². The van der Waals surface area contributed by atoms with Crippen molar-refractivity contribution in [3.05, 3.63) is 105 Å². The lowest BCUT2D eigenvalue weighted by Gasteiger charge is -2.49. The van der Waals surface area contributed by atoms with Gasteiger partial charge in [0.1, 0.15) is 5.75 Å². The van der Waals surface area contributed by atoms with Gasteiger partial charge in [-0.1, -0.05) is 54.6 Å². The number of carbonyl (C=O) groups is 2. The Morgan fingerprint density at radius 3 is 2.25 bits per heavy atom. The first kappa shape index (κ1) is 24.9. The third-order valence-electron chi connectivity index (χ3n) is 8.54. The quantitative estimate of drug-likeness (QED) is 0.224. The third kappa shape index (κ3) is 2.88. The van der Waals surface area contributed by atoms with E-state index >= 15 is 0 Å². The van der Waals surface area contributed by atoms with Gasteiger partial charge in [0, 0.05) is 24.8 Å². The number of phenols is 1. The second kappa shape index (κ2) is 8.22. The summed E-state index contributed by atoms with van der Waals surface area (Å²) in [4.78, 5) is 51.8. The van der Waals surface area contributed by atoms with Gasteiger partial charge in [0.15, 0.2) is 9.75 Å². The van der Waals surface area contributed by atoms with Gasteiger partial charge in [-0.3, -0.25) is 14.5 Å². The SMILES string of the molecule is CN1C(=O)[C@]2(Cl)C[C@@H]3C(=CCn4c(=O)n(-c5ccccc5)c(=O)n43)[C@H](c3ccc(O)c4ccccc34)[C@]2(Cl)C1=O. The number of likely N-dealkylation sites (tertiary alicyclic amines) is 1. The van der Waals surface area contributed by atoms with Crippen molar-refractivity contribution in [1.82, 2.24) is 18.8 Å². The highest BCUT2D eigenvalue weighted by Gasteiger charge is 2.75. The van der Waals surface area contributed by atoms with Gasteiger partial charge in [-0.05, 0) is 34.7 Å². The Kier molecular flexibility index (Phi) is 5.12. The van der Waals surface area contributed by atoms with E-state index in [4.69, 9.17) is 23.2 Å². The molecule has 1 aromatic heterocycles. The average Bonchev–Trinajstić information content (AvgIpc) is 3.29. The van der Waals surface area contributed by atoms with Crippen molar-refractivity contribution in [2.75, 3.05) is 7.05 Å². The fraction of sp³-hybridized carbons (Fsp3) is 0.241. The molecular formula is C29H22Cl2N4O5. The number of aromatic hydroxyl groups is 1. The molecule has 0 radical (unpaired) electrons. The van der Waals surface area contributed by atoms with Crippen LogP contribution in [0.5, 0.6) is 5.75 Å². The van der Waals surface area contributed by atoms with E-state index in [1.165, 1.54) is 22.5 Å². The van der Waals surface area contributed by atoms with Gasteiger partial charge in [-0.15, -0.1) is 23.2 Å². The highest BCUT2D eigenvalue weighted by molar-refractivity contribution is 6.53. The standard InChI is InChI=1S/C29H22Cl2N4O5/c1-32-24(37)28(30)15-21-20(13-14-33-26(39)34(27(40)35(21)33)16-7-3-2-4-8-16)23(29(28,31)25(32)38)19-11-12-22(36)18-10-6-5-9-17(18)19/h2-13,21,23,36H,14-15H2,1H3/t21-,23+,28-,29+/m1/s1. The minimum atomic E-state index is -1.92. The number of amides is 2. The molecule has 3 heterocycles. The van der Waals surface area contributed by atoms with Gasteiger partial charge < -0.3 is 5.11 Å². The number of alkyl halides is 2. The van der Waals surface area contributed by atoms with Crippen molar-refractivity contribution in [3.63, 3.8) is 0 Å². The molecule has 40 heavy (non-hydrogen) atoms. The van der Waals surface area contributed by atoms with Gasteiger partial charge in [0.05, 0.1) is 18.3 Å². The first-order chi connectivity index (χ1) is 19.1. The van der Waals surface area contributed by atoms with Gasteiger partial charge in [-0.2, -0.15) is 0 Å². The predicted molar refractivity (Wildman–Crippen MR) is 149 cm³/mol. The van der Waals surface area contributed by atoms with Crippen LogP contribution in [0, 0.1) is 0 Å². The maximum absolute atomic E-state index is 13.9. The van der Waals surface area contributed by atoms with Crippen molar-refractivity contribution in [1.29, 1.82) is 0 Å². The smallest absolute Gasteiger partial charge is 0.352 e. The van der Waals surface area contributed by atoms with Crippen LogP contribution in [0.2, 0.25) is 0 Å². The number of fused-ring (bicyclic) bond motifs is 5. The van der Waals surface area contributed by atoms with Crippen molar-refractivity contribution in [2.24, 2.45) is 0 Å². The summed E-state index contributed by atoms with van der Waals surface area (Å²) >= 11 is 14.5. The number of phenolic OH excluding ortho intramolecular Hbond substituents is 1. The molecule has 3 aromatic carbocycles. The highest BCUT2D eigenvalue weighted by Crippen LogP contribution is 2.63. The largest absolute Gasteiger partial charge is 0.507 e. The fourth-order valence-electron chi connectivity index (χ4n) is 6.71. The summed E-state index contributed by atoms with van der Waals surface area (Å²) in [5.41, 5.74) is 0.464. The molecule has 11 heteroatoms. The lowest BCUT2D eigenvalue weighted by Crippen LogP contribution is -2.59. The van der Waals surface area contributed by atoms with Crippen LogP contribution < -0.4 is 11.4 Å². The molecule has 0 bridgehead atoms. The van der Waals surface area contributed by atoms with E-state index in [1.54, 1.807) is 66.7 Å². The molecule has 2 fully saturated rings. The summed E-state index contributed by atoms with van der Waals surface area (Å²) in [5.74, 6) is -2.22. The molecular weight excluding hydrogens is 555 g/mol. The number of imide groups is 1. The third-order valence-corrected chi connectivity index (χ3v) is 9.95. The lowest BCUT2D eigenvalue weighted by molar-refractivity contribution is -0.137. The fourth-order valence-corrected chi connectivity index (χ4v) is 7.70. The van der Waals surface area contributed by atoms with Crippen LogP contribution in [-0.2, 0) is 16.1 Å². The van der Waals surface area contributed by atoms with E-state index in [2.05, 4.69) is 0 Å². The zero-order valence-electron chi connectivity index (χ0n) is 21.1. The van der Waals surface area contributed by atoms with E-state index in [0.717, 1.165) is 9.47 Å². The number of hydrogen-bond acceptors (Lipinski definition) is 5. The van der Waals surface area contributed by atoms with Crippen molar-refractivity contribution >= 4 is 45.8 Å². The van der Waals surface area contributed by atoms with Crippen LogP contribution in [0.4, 0.5) is 0 Å². The molecule has 0 spiro atoms. The van der Waals surface area contributed by atoms with Crippen molar-refractivity contribution in [2.45, 2.75) is 34.7 Å². The van der Waals surface area contributed by atoms with Gasteiger partial charge >= 0.3 is 11.4 Å². The first-order valence-electron chi connectivity index (χ1n) is 12.7. The first-order valence-corrected chi connectivity index (χ1v) is 13.5. The van der Waals surface area contributed by atoms with Crippen LogP contribution in [0.3, 0.4) is 0 Å². The molecule has 3 aliphatic rings. The lowest BCUT2D eigenvalue weighted by atomic mass is 9.63. The number of carbonyl (C=O) groups excluding carboxylic acids is 2. The predicted octanol–water partition coefficient (Wildman–Crippen LogP) is 3.28. The number of hydrogen-bond donors (Lipinski definition) is 1. The molecule has 2 aliphatic heterocycles. The number of para-hydroxylation sites is 1. The second-order valence-corrected chi connectivity index (χ2v) is 11.7. The Bertz CT molecular complexity index is 1930. The van der Waals surface area contributed by atoms with Gasteiger partial charge in [-0.25, -0.2) is 23.5 Å². The molecule has 7 rings (SSSR count). The summed E-state index contributed by atoms with van der Waals surface area (Å²) in [5, 5.41) is 11.7. The molecule has 1 N–H and O–H groups in total. The number of halogens is 2. The topological polar surface area (TPSA) is 107 Å². The second-order valence-electron chi connectivity index (χ2n) is 10.4. The number of rotatable bonds is 2. The van der Waals surface area contributed by atoms with E-state index in [9.17, 15) is 24.3 Å².